The zero-order chi connectivity index (χ0) is 20.3. The number of nitrogens with zero attached hydrogens (tertiary/aromatic N) is 3. The van der Waals surface area contributed by atoms with Gasteiger partial charge in [0.25, 0.3) is 0 Å². The first-order chi connectivity index (χ1) is 14.3. The number of halogens is 1. The number of aliphatic imine (C=N–C) groups is 1. The molecule has 3 rings (SSSR count). The molecule has 1 N–H and O–H groups in total. The lowest BCUT2D eigenvalue weighted by atomic mass is 10.1. The predicted molar refractivity (Wildman–Crippen MR) is 131 cm³/mol. The Labute approximate surface area is 197 Å². The minimum absolute atomic E-state index is 0. The second-order valence-electron chi connectivity index (χ2n) is 7.17. The summed E-state index contributed by atoms with van der Waals surface area (Å²) in [6.45, 7) is 9.48. The molecule has 1 aromatic heterocycles. The molecule has 6 nitrogen and oxygen atoms in total. The average molecular weight is 524 g/mol. The van der Waals surface area contributed by atoms with E-state index in [4.69, 9.17) is 14.5 Å². The number of rotatable bonds is 9. The Hall–Kier alpha value is -1.87. The molecule has 1 aliphatic heterocycles. The molecular formula is C23H33IN4O2. The Morgan fingerprint density at radius 3 is 2.80 bits per heavy atom. The fourth-order valence-corrected chi connectivity index (χ4v) is 3.48. The summed E-state index contributed by atoms with van der Waals surface area (Å²) in [7, 11) is 0. The fourth-order valence-electron chi connectivity index (χ4n) is 3.48. The molecule has 1 aromatic carbocycles. The van der Waals surface area contributed by atoms with Gasteiger partial charge in [-0.05, 0) is 31.9 Å². The molecule has 0 amide bonds. The number of benzene rings is 1. The molecule has 1 atom stereocenters. The van der Waals surface area contributed by atoms with Gasteiger partial charge in [-0.3, -0.25) is 0 Å². The monoisotopic (exact) mass is 524 g/mol. The van der Waals surface area contributed by atoms with Crippen molar-refractivity contribution < 1.29 is 9.47 Å². The molecule has 0 aliphatic carbocycles. The second-order valence-corrected chi connectivity index (χ2v) is 7.17. The topological polar surface area (TPSA) is 59.0 Å². The molecule has 0 bridgehead atoms. The maximum absolute atomic E-state index is 5.95. The molecule has 0 saturated carbocycles. The van der Waals surface area contributed by atoms with Gasteiger partial charge in [0.1, 0.15) is 0 Å². The van der Waals surface area contributed by atoms with Gasteiger partial charge in [0, 0.05) is 37.3 Å². The molecule has 1 aliphatic rings. The molecule has 0 spiro atoms. The summed E-state index contributed by atoms with van der Waals surface area (Å²) in [5.41, 5.74) is 2.23. The first-order valence-electron chi connectivity index (χ1n) is 10.5. The van der Waals surface area contributed by atoms with Gasteiger partial charge in [-0.25, -0.2) is 9.98 Å². The standard InChI is InChI=1S/C23H32N4O2.HI/c1-3-24-23(26-15-21-11-8-13-25-22(21)29-4-2)27-14-12-20(16-27)18-28-17-19-9-6-5-7-10-19;/h5-11,13,20H,3-4,12,14-18H2,1-2H3,(H,24,26);1H. The molecule has 1 unspecified atom stereocenters. The Kier molecular flexibility index (Phi) is 10.9. The highest BCUT2D eigenvalue weighted by molar-refractivity contribution is 14.0. The van der Waals surface area contributed by atoms with Gasteiger partial charge in [0.2, 0.25) is 5.88 Å². The summed E-state index contributed by atoms with van der Waals surface area (Å²) >= 11 is 0. The summed E-state index contributed by atoms with van der Waals surface area (Å²) in [4.78, 5) is 11.5. The van der Waals surface area contributed by atoms with Gasteiger partial charge < -0.3 is 19.7 Å². The van der Waals surface area contributed by atoms with Crippen molar-refractivity contribution in [2.45, 2.75) is 33.4 Å². The lowest BCUT2D eigenvalue weighted by molar-refractivity contribution is 0.0906. The number of pyridine rings is 1. The summed E-state index contributed by atoms with van der Waals surface area (Å²) in [5.74, 6) is 2.15. The van der Waals surface area contributed by atoms with Crippen LogP contribution in [-0.2, 0) is 17.9 Å². The van der Waals surface area contributed by atoms with Crippen molar-refractivity contribution in [3.05, 3.63) is 59.8 Å². The minimum Gasteiger partial charge on any atom is -0.478 e. The van der Waals surface area contributed by atoms with Crippen LogP contribution < -0.4 is 10.1 Å². The van der Waals surface area contributed by atoms with Gasteiger partial charge in [0.05, 0.1) is 26.4 Å². The predicted octanol–water partition coefficient (Wildman–Crippen LogP) is 4.10. The van der Waals surface area contributed by atoms with E-state index in [1.165, 1.54) is 5.56 Å². The van der Waals surface area contributed by atoms with Crippen molar-refractivity contribution in [1.29, 1.82) is 0 Å². The molecule has 0 radical (unpaired) electrons. The third-order valence-electron chi connectivity index (χ3n) is 4.92. The van der Waals surface area contributed by atoms with E-state index in [2.05, 4.69) is 34.3 Å². The van der Waals surface area contributed by atoms with E-state index in [1.54, 1.807) is 6.20 Å². The van der Waals surface area contributed by atoms with Crippen LogP contribution in [0.15, 0.2) is 53.7 Å². The highest BCUT2D eigenvalue weighted by Crippen LogP contribution is 2.19. The van der Waals surface area contributed by atoms with Crippen molar-refractivity contribution in [2.24, 2.45) is 10.9 Å². The number of guanidine groups is 1. The van der Waals surface area contributed by atoms with E-state index in [0.717, 1.165) is 44.2 Å². The molecule has 30 heavy (non-hydrogen) atoms. The Balaban J connectivity index is 0.00000320. The number of hydrogen-bond donors (Lipinski definition) is 1. The van der Waals surface area contributed by atoms with Crippen LogP contribution >= 0.6 is 24.0 Å². The number of nitrogens with one attached hydrogen (secondary N) is 1. The van der Waals surface area contributed by atoms with Crippen LogP contribution in [-0.4, -0.2) is 48.7 Å². The van der Waals surface area contributed by atoms with Gasteiger partial charge >= 0.3 is 0 Å². The lowest BCUT2D eigenvalue weighted by Crippen LogP contribution is -2.40. The zero-order valence-corrected chi connectivity index (χ0v) is 20.2. The van der Waals surface area contributed by atoms with Crippen LogP contribution in [0.1, 0.15) is 31.4 Å². The van der Waals surface area contributed by atoms with Crippen LogP contribution in [0.5, 0.6) is 5.88 Å². The highest BCUT2D eigenvalue weighted by atomic mass is 127. The van der Waals surface area contributed by atoms with E-state index in [9.17, 15) is 0 Å². The van der Waals surface area contributed by atoms with Gasteiger partial charge in [-0.2, -0.15) is 0 Å². The molecule has 1 saturated heterocycles. The van der Waals surface area contributed by atoms with Gasteiger partial charge in [-0.1, -0.05) is 36.4 Å². The van der Waals surface area contributed by atoms with Crippen molar-refractivity contribution in [2.75, 3.05) is 32.8 Å². The maximum atomic E-state index is 5.95. The second kappa shape index (κ2) is 13.4. The number of likely N-dealkylation sites (tertiary alicyclic amines) is 1. The lowest BCUT2D eigenvalue weighted by Gasteiger charge is -2.22. The Bertz CT molecular complexity index is 773. The SMILES string of the molecule is CCNC(=NCc1cccnc1OCC)N1CCC(COCc2ccccc2)C1.I. The molecule has 1 fully saturated rings. The largest absolute Gasteiger partial charge is 0.478 e. The van der Waals surface area contributed by atoms with Crippen LogP contribution in [0.2, 0.25) is 0 Å². The van der Waals surface area contributed by atoms with Gasteiger partial charge in [0.15, 0.2) is 5.96 Å². The van der Waals surface area contributed by atoms with Crippen molar-refractivity contribution >= 4 is 29.9 Å². The minimum atomic E-state index is 0. The highest BCUT2D eigenvalue weighted by Gasteiger charge is 2.25. The van der Waals surface area contributed by atoms with Crippen LogP contribution in [0.25, 0.3) is 0 Å². The Morgan fingerprint density at radius 2 is 2.03 bits per heavy atom. The van der Waals surface area contributed by atoms with E-state index in [1.807, 2.05) is 37.3 Å². The van der Waals surface area contributed by atoms with E-state index >= 15 is 0 Å². The molecule has 2 aromatic rings. The maximum Gasteiger partial charge on any atom is 0.218 e. The first-order valence-corrected chi connectivity index (χ1v) is 10.5. The van der Waals surface area contributed by atoms with Crippen LogP contribution in [0, 0.1) is 5.92 Å². The zero-order valence-electron chi connectivity index (χ0n) is 17.9. The fraction of sp³-hybridized carbons (Fsp3) is 0.478. The smallest absolute Gasteiger partial charge is 0.218 e. The normalized spacial score (nSPS) is 16.3. The third-order valence-corrected chi connectivity index (χ3v) is 4.92. The molecule has 7 heteroatoms. The van der Waals surface area contributed by atoms with Crippen molar-refractivity contribution in [1.82, 2.24) is 15.2 Å². The summed E-state index contributed by atoms with van der Waals surface area (Å²) in [5, 5.41) is 3.42. The van der Waals surface area contributed by atoms with E-state index in [-0.39, 0.29) is 24.0 Å². The van der Waals surface area contributed by atoms with Crippen molar-refractivity contribution in [3.63, 3.8) is 0 Å². The number of aromatic nitrogens is 1. The first kappa shape index (κ1) is 24.4. The quantitative estimate of drug-likeness (QED) is 0.304. The van der Waals surface area contributed by atoms with E-state index in [0.29, 0.717) is 31.6 Å². The van der Waals surface area contributed by atoms with Crippen LogP contribution in [0.4, 0.5) is 0 Å². The molecule has 2 heterocycles. The van der Waals surface area contributed by atoms with Gasteiger partial charge in [-0.15, -0.1) is 24.0 Å². The molecule has 164 valence electrons. The molecular weight excluding hydrogens is 491 g/mol. The van der Waals surface area contributed by atoms with Crippen molar-refractivity contribution in [3.8, 4) is 5.88 Å². The third kappa shape index (κ3) is 7.43. The van der Waals surface area contributed by atoms with E-state index < -0.39 is 0 Å². The van der Waals surface area contributed by atoms with Crippen LogP contribution in [0.3, 0.4) is 0 Å². The summed E-state index contributed by atoms with van der Waals surface area (Å²) in [6, 6.07) is 14.3. The average Bonchev–Trinajstić information content (AvgIpc) is 3.22. The summed E-state index contributed by atoms with van der Waals surface area (Å²) in [6.07, 6.45) is 2.88. The number of ether oxygens (including phenoxy) is 2. The Morgan fingerprint density at radius 1 is 1.20 bits per heavy atom. The summed E-state index contributed by atoms with van der Waals surface area (Å²) < 4.78 is 11.6. The number of hydrogen-bond acceptors (Lipinski definition) is 4.